The van der Waals surface area contributed by atoms with Gasteiger partial charge in [-0.2, -0.15) is 28.8 Å². The van der Waals surface area contributed by atoms with Gasteiger partial charge >= 0.3 is 6.18 Å². The summed E-state index contributed by atoms with van der Waals surface area (Å²) in [5, 5.41) is 39.8. The van der Waals surface area contributed by atoms with Crippen molar-refractivity contribution in [2.45, 2.75) is 58.3 Å². The molecule has 3 aromatic heterocycles. The van der Waals surface area contributed by atoms with Crippen LogP contribution in [0.5, 0.6) is 0 Å². The molecule has 3 heterocycles. The molecule has 14 heteroatoms. The van der Waals surface area contributed by atoms with E-state index in [1.165, 1.54) is 18.7 Å². The third-order valence-corrected chi connectivity index (χ3v) is 8.14. The fourth-order valence-corrected chi connectivity index (χ4v) is 5.49. The highest BCUT2D eigenvalue weighted by atomic mass is 19.4. The number of aromatic nitrogens is 7. The maximum absolute atomic E-state index is 14.0. The Morgan fingerprint density at radius 1 is 1.09 bits per heavy atom. The summed E-state index contributed by atoms with van der Waals surface area (Å²) >= 11 is 0. The highest BCUT2D eigenvalue weighted by Gasteiger charge is 2.66. The number of hydrogen-bond donors (Lipinski definition) is 2. The van der Waals surface area contributed by atoms with Crippen LogP contribution in [0.25, 0.3) is 16.6 Å². The van der Waals surface area contributed by atoms with Gasteiger partial charge < -0.3 is 10.6 Å². The molecule has 1 aliphatic rings. The van der Waals surface area contributed by atoms with Crippen molar-refractivity contribution in [3.8, 4) is 17.8 Å². The molecule has 1 fully saturated rings. The van der Waals surface area contributed by atoms with E-state index in [0.29, 0.717) is 39.9 Å². The summed E-state index contributed by atoms with van der Waals surface area (Å²) in [6.45, 7) is 8.59. The molecule has 234 valence electrons. The number of fused-ring (bicyclic) bond motifs is 1. The molecule has 0 aliphatic heterocycles. The van der Waals surface area contributed by atoms with E-state index in [4.69, 9.17) is 0 Å². The molecule has 0 spiro atoms. The molecule has 6 rings (SSSR count). The molecule has 1 saturated carbocycles. The average molecular weight is 626 g/mol. The fraction of sp³-hybridized carbons (Fsp3) is 0.344. The number of halogens is 3. The number of pyridine rings is 1. The van der Waals surface area contributed by atoms with E-state index in [9.17, 15) is 23.7 Å². The van der Waals surface area contributed by atoms with Gasteiger partial charge in [-0.25, -0.2) is 14.3 Å². The topological polar surface area (TPSA) is 146 Å². The summed E-state index contributed by atoms with van der Waals surface area (Å²) < 4.78 is 44.6. The molecular weight excluding hydrogens is 595 g/mol. The van der Waals surface area contributed by atoms with Gasteiger partial charge in [0.15, 0.2) is 5.54 Å². The summed E-state index contributed by atoms with van der Waals surface area (Å²) in [6.07, 6.45) is 1.10. The average Bonchev–Trinajstić information content (AvgIpc) is 3.41. The second-order valence-electron chi connectivity index (χ2n) is 12.6. The fourth-order valence-electron chi connectivity index (χ4n) is 5.49. The zero-order valence-corrected chi connectivity index (χ0v) is 25.6. The maximum Gasteiger partial charge on any atom is 0.413 e. The van der Waals surface area contributed by atoms with Crippen LogP contribution in [0.3, 0.4) is 0 Å². The van der Waals surface area contributed by atoms with Crippen LogP contribution in [0.1, 0.15) is 67.6 Å². The van der Waals surface area contributed by atoms with E-state index in [2.05, 4.69) is 68.9 Å². The molecule has 0 unspecified atom stereocenters. The molecule has 46 heavy (non-hydrogen) atoms. The first-order chi connectivity index (χ1) is 21.8. The van der Waals surface area contributed by atoms with Crippen molar-refractivity contribution in [3.63, 3.8) is 0 Å². The summed E-state index contributed by atoms with van der Waals surface area (Å²) in [6, 6.07) is 12.5. The largest absolute Gasteiger partial charge is 0.413 e. The van der Waals surface area contributed by atoms with E-state index in [1.807, 2.05) is 25.1 Å². The number of rotatable bonds is 8. The minimum Gasteiger partial charge on any atom is -0.383 e. The molecule has 1 atom stereocenters. The Kier molecular flexibility index (Phi) is 7.39. The van der Waals surface area contributed by atoms with Gasteiger partial charge in [-0.05, 0) is 54.5 Å². The Balaban J connectivity index is 1.50. The lowest BCUT2D eigenvalue weighted by molar-refractivity contribution is -0.182. The van der Waals surface area contributed by atoms with Gasteiger partial charge in [0.25, 0.3) is 0 Å². The lowest BCUT2D eigenvalue weighted by atomic mass is 9.95. The first kappa shape index (κ1) is 30.5. The van der Waals surface area contributed by atoms with Gasteiger partial charge in [0.05, 0.1) is 40.3 Å². The van der Waals surface area contributed by atoms with Crippen LogP contribution >= 0.6 is 0 Å². The molecule has 5 aromatic rings. The number of alkyl halides is 3. The van der Waals surface area contributed by atoms with Gasteiger partial charge in [0.1, 0.15) is 30.5 Å². The van der Waals surface area contributed by atoms with Crippen LogP contribution in [0, 0.1) is 35.0 Å². The van der Waals surface area contributed by atoms with Crippen LogP contribution in [-0.2, 0) is 5.54 Å². The van der Waals surface area contributed by atoms with Crippen LogP contribution in [0.15, 0.2) is 55.4 Å². The predicted octanol–water partition coefficient (Wildman–Crippen LogP) is 6.17. The summed E-state index contributed by atoms with van der Waals surface area (Å²) in [5.41, 5.74) is 2.25. The van der Waals surface area contributed by atoms with Crippen molar-refractivity contribution in [1.82, 2.24) is 34.7 Å². The predicted molar refractivity (Wildman–Crippen MR) is 164 cm³/mol. The van der Waals surface area contributed by atoms with Crippen LogP contribution in [0.4, 0.5) is 24.5 Å². The van der Waals surface area contributed by atoms with E-state index in [0.717, 1.165) is 15.9 Å². The van der Waals surface area contributed by atoms with Crippen molar-refractivity contribution in [1.29, 1.82) is 10.5 Å². The third-order valence-electron chi connectivity index (χ3n) is 8.14. The van der Waals surface area contributed by atoms with Crippen molar-refractivity contribution in [3.05, 3.63) is 83.3 Å². The standard InChI is InChI=1S/C32H30F3N11/c1-19-23(6-5-7-26(19)45-18-38-17-41-45)29(25-15-46(44-43-25)31(8-9-31)32(33,34)35)42-22-10-20(12-36)27-24(11-22)28(21(13-37)14-39-27)40-16-30(2,3)4/h5-7,10-11,14-15,17-18,29,42H,8-9,16H2,1-4H3,(H,39,40)/t29-/m0/s1. The highest BCUT2D eigenvalue weighted by molar-refractivity contribution is 5.99. The molecule has 0 saturated heterocycles. The quantitative estimate of drug-likeness (QED) is 0.207. The number of nitrogens with one attached hydrogen (secondary N) is 2. The smallest absolute Gasteiger partial charge is 0.383 e. The zero-order chi connectivity index (χ0) is 32.9. The van der Waals surface area contributed by atoms with Gasteiger partial charge in [-0.3, -0.25) is 4.98 Å². The van der Waals surface area contributed by atoms with Crippen molar-refractivity contribution in [2.75, 3.05) is 17.2 Å². The first-order valence-electron chi connectivity index (χ1n) is 14.6. The van der Waals surface area contributed by atoms with Gasteiger partial charge in [-0.1, -0.05) is 38.1 Å². The van der Waals surface area contributed by atoms with E-state index >= 15 is 0 Å². The third kappa shape index (κ3) is 5.47. The normalized spacial score (nSPS) is 14.8. The number of hydrogen-bond acceptors (Lipinski definition) is 9. The molecule has 0 amide bonds. The minimum atomic E-state index is -4.48. The number of nitrogens with zero attached hydrogens (tertiary/aromatic N) is 9. The number of benzene rings is 2. The molecule has 2 N–H and O–H groups in total. The number of nitriles is 2. The highest BCUT2D eigenvalue weighted by Crippen LogP contribution is 2.55. The van der Waals surface area contributed by atoms with Gasteiger partial charge in [0, 0.05) is 23.8 Å². The molecule has 1 aliphatic carbocycles. The van der Waals surface area contributed by atoms with Crippen LogP contribution in [0.2, 0.25) is 0 Å². The Labute approximate surface area is 262 Å². The van der Waals surface area contributed by atoms with Gasteiger partial charge in [-0.15, -0.1) is 5.10 Å². The Hall–Kier alpha value is -5.50. The second-order valence-corrected chi connectivity index (χ2v) is 12.6. The van der Waals surface area contributed by atoms with E-state index in [-0.39, 0.29) is 29.5 Å². The molecule has 0 bridgehead atoms. The molecule has 0 radical (unpaired) electrons. The Morgan fingerprint density at radius 3 is 2.48 bits per heavy atom. The number of anilines is 2. The monoisotopic (exact) mass is 625 g/mol. The second kappa shape index (κ2) is 11.1. The maximum atomic E-state index is 14.0. The van der Waals surface area contributed by atoms with Crippen molar-refractivity contribution >= 4 is 22.3 Å². The minimum absolute atomic E-state index is 0.0764. The Morgan fingerprint density at radius 2 is 1.85 bits per heavy atom. The van der Waals surface area contributed by atoms with Crippen molar-refractivity contribution in [2.24, 2.45) is 5.41 Å². The SMILES string of the molecule is Cc1c([C@H](Nc2cc(C#N)c3ncc(C#N)c(NCC(C)(C)C)c3c2)c2cn(C3(C(F)(F)F)CC3)nn2)cccc1-n1cncn1. The molecule has 11 nitrogen and oxygen atoms in total. The first-order valence-corrected chi connectivity index (χ1v) is 14.6. The van der Waals surface area contributed by atoms with Crippen LogP contribution < -0.4 is 10.6 Å². The van der Waals surface area contributed by atoms with Crippen molar-refractivity contribution < 1.29 is 13.2 Å². The molecular formula is C32H30F3N11. The van der Waals surface area contributed by atoms with E-state index < -0.39 is 17.8 Å². The lowest BCUT2D eigenvalue weighted by Crippen LogP contribution is -2.35. The zero-order valence-electron chi connectivity index (χ0n) is 25.6. The van der Waals surface area contributed by atoms with Gasteiger partial charge in [0.2, 0.25) is 0 Å². The molecule has 2 aromatic carbocycles. The summed E-state index contributed by atoms with van der Waals surface area (Å²) in [4.78, 5) is 8.46. The summed E-state index contributed by atoms with van der Waals surface area (Å²) in [5.74, 6) is 0. The lowest BCUT2D eigenvalue weighted by Gasteiger charge is -2.24. The summed E-state index contributed by atoms with van der Waals surface area (Å²) in [7, 11) is 0. The Bertz CT molecular complexity index is 2000. The van der Waals surface area contributed by atoms with Crippen LogP contribution in [-0.4, -0.2) is 47.5 Å². The van der Waals surface area contributed by atoms with E-state index in [1.54, 1.807) is 23.1 Å².